The van der Waals surface area contributed by atoms with Crippen molar-refractivity contribution in [2.75, 3.05) is 6.61 Å². The Morgan fingerprint density at radius 1 is 1.24 bits per heavy atom. The summed E-state index contributed by atoms with van der Waals surface area (Å²) in [6, 6.07) is 13.9. The zero-order chi connectivity index (χ0) is 14.7. The van der Waals surface area contributed by atoms with Crippen molar-refractivity contribution in [1.82, 2.24) is 10.3 Å². The van der Waals surface area contributed by atoms with E-state index in [0.717, 1.165) is 12.1 Å². The van der Waals surface area contributed by atoms with E-state index in [1.54, 1.807) is 6.07 Å². The fraction of sp³-hybridized carbons (Fsp3) is 0.353. The van der Waals surface area contributed by atoms with Gasteiger partial charge < -0.3 is 10.1 Å². The molecule has 1 fully saturated rings. The summed E-state index contributed by atoms with van der Waals surface area (Å²) in [5, 5.41) is 3.57. The van der Waals surface area contributed by atoms with Gasteiger partial charge in [0.05, 0.1) is 18.5 Å². The van der Waals surface area contributed by atoms with Gasteiger partial charge >= 0.3 is 0 Å². The summed E-state index contributed by atoms with van der Waals surface area (Å²) >= 11 is 0. The first-order valence-corrected chi connectivity index (χ1v) is 7.25. The summed E-state index contributed by atoms with van der Waals surface area (Å²) in [4.78, 5) is 4.12. The van der Waals surface area contributed by atoms with Crippen LogP contribution in [-0.4, -0.2) is 23.7 Å². The summed E-state index contributed by atoms with van der Waals surface area (Å²) in [6.07, 6.45) is 2.05. The molecule has 2 aromatic rings. The second-order valence-corrected chi connectivity index (χ2v) is 5.50. The Morgan fingerprint density at radius 3 is 2.71 bits per heavy atom. The van der Waals surface area contributed by atoms with E-state index in [1.807, 2.05) is 18.2 Å². The molecule has 1 saturated heterocycles. The predicted molar refractivity (Wildman–Crippen MR) is 79.4 cm³/mol. The Morgan fingerprint density at radius 2 is 2.05 bits per heavy atom. The van der Waals surface area contributed by atoms with Gasteiger partial charge in [-0.05, 0) is 31.0 Å². The lowest BCUT2D eigenvalue weighted by Crippen LogP contribution is -2.50. The number of benzene rings is 1. The largest absolute Gasteiger partial charge is 0.369 e. The lowest BCUT2D eigenvalue weighted by Gasteiger charge is -2.35. The van der Waals surface area contributed by atoms with E-state index in [9.17, 15) is 4.39 Å². The van der Waals surface area contributed by atoms with Crippen molar-refractivity contribution >= 4 is 0 Å². The second-order valence-electron chi connectivity index (χ2n) is 5.50. The maximum absolute atomic E-state index is 12.9. The van der Waals surface area contributed by atoms with E-state index < -0.39 is 0 Å². The summed E-state index contributed by atoms with van der Waals surface area (Å²) in [6.45, 7) is 2.70. The molecule has 3 atom stereocenters. The molecule has 21 heavy (non-hydrogen) atoms. The Labute approximate surface area is 124 Å². The van der Waals surface area contributed by atoms with E-state index in [-0.39, 0.29) is 18.0 Å². The molecule has 0 radical (unpaired) electrons. The number of hydrogen-bond acceptors (Lipinski definition) is 3. The van der Waals surface area contributed by atoms with Gasteiger partial charge in [0.15, 0.2) is 0 Å². The Balaban J connectivity index is 1.63. The summed E-state index contributed by atoms with van der Waals surface area (Å²) < 4.78 is 18.9. The minimum atomic E-state index is -0.322. The fourth-order valence-corrected chi connectivity index (χ4v) is 2.78. The van der Waals surface area contributed by atoms with Gasteiger partial charge in [0.2, 0.25) is 0 Å². The smallest absolute Gasteiger partial charge is 0.141 e. The molecular weight excluding hydrogens is 267 g/mol. The van der Waals surface area contributed by atoms with Gasteiger partial charge in [-0.3, -0.25) is 4.98 Å². The topological polar surface area (TPSA) is 34.1 Å². The van der Waals surface area contributed by atoms with Crippen LogP contribution in [0.5, 0.6) is 0 Å². The minimum Gasteiger partial charge on any atom is -0.369 e. The van der Waals surface area contributed by atoms with Crippen LogP contribution in [0.3, 0.4) is 0 Å². The van der Waals surface area contributed by atoms with Crippen LogP contribution < -0.4 is 5.32 Å². The van der Waals surface area contributed by atoms with Gasteiger partial charge in [-0.15, -0.1) is 0 Å². The maximum atomic E-state index is 12.9. The van der Waals surface area contributed by atoms with Crippen molar-refractivity contribution in [2.24, 2.45) is 0 Å². The quantitative estimate of drug-likeness (QED) is 0.942. The molecule has 1 aromatic heterocycles. The fourth-order valence-electron chi connectivity index (χ4n) is 2.78. The third kappa shape index (κ3) is 3.46. The van der Waals surface area contributed by atoms with Crippen LogP contribution in [0.4, 0.5) is 4.39 Å². The van der Waals surface area contributed by atoms with Crippen molar-refractivity contribution < 1.29 is 9.13 Å². The molecule has 3 nitrogen and oxygen atoms in total. The van der Waals surface area contributed by atoms with Gasteiger partial charge in [-0.2, -0.15) is 0 Å². The number of pyridine rings is 1. The molecule has 0 aliphatic carbocycles. The summed E-state index contributed by atoms with van der Waals surface area (Å²) in [7, 11) is 0. The van der Waals surface area contributed by atoms with Crippen LogP contribution >= 0.6 is 0 Å². The van der Waals surface area contributed by atoms with Gasteiger partial charge in [-0.25, -0.2) is 4.39 Å². The van der Waals surface area contributed by atoms with Crippen molar-refractivity contribution in [3.05, 3.63) is 65.7 Å². The molecule has 0 bridgehead atoms. The molecule has 4 heteroatoms. The summed E-state index contributed by atoms with van der Waals surface area (Å²) in [5.41, 5.74) is 2.07. The Bertz CT molecular complexity index is 573. The van der Waals surface area contributed by atoms with Crippen LogP contribution in [0.1, 0.15) is 24.3 Å². The first-order chi connectivity index (χ1) is 10.2. The van der Waals surface area contributed by atoms with Crippen molar-refractivity contribution in [3.8, 4) is 0 Å². The van der Waals surface area contributed by atoms with Crippen molar-refractivity contribution in [3.63, 3.8) is 0 Å². The van der Waals surface area contributed by atoms with Crippen molar-refractivity contribution in [1.29, 1.82) is 0 Å². The first kappa shape index (κ1) is 14.2. The standard InChI is InChI=1S/C17H19FN2O/c1-12-17(16-8-7-14(18)10-19-16)21-11-15(20-12)9-13-5-3-2-4-6-13/h2-8,10,12,15,17,20H,9,11H2,1H3. The number of nitrogens with zero attached hydrogens (tertiary/aromatic N) is 1. The minimum absolute atomic E-state index is 0.127. The third-order valence-electron chi connectivity index (χ3n) is 3.80. The first-order valence-electron chi connectivity index (χ1n) is 7.25. The second kappa shape index (κ2) is 6.33. The number of hydrogen-bond donors (Lipinski definition) is 1. The maximum Gasteiger partial charge on any atom is 0.141 e. The molecular formula is C17H19FN2O. The van der Waals surface area contributed by atoms with Gasteiger partial charge in [0.1, 0.15) is 11.9 Å². The predicted octanol–water partition coefficient (Wildman–Crippen LogP) is 2.88. The average molecular weight is 286 g/mol. The molecule has 0 spiro atoms. The molecule has 3 rings (SSSR count). The highest BCUT2D eigenvalue weighted by molar-refractivity contribution is 5.17. The SMILES string of the molecule is CC1NC(Cc2ccccc2)COC1c1ccc(F)cn1. The van der Waals surface area contributed by atoms with Crippen LogP contribution in [0, 0.1) is 5.82 Å². The third-order valence-corrected chi connectivity index (χ3v) is 3.80. The zero-order valence-electron chi connectivity index (χ0n) is 12.0. The Kier molecular flexibility index (Phi) is 4.27. The number of ether oxygens (including phenoxy) is 1. The van der Waals surface area contributed by atoms with Crippen LogP contribution in [-0.2, 0) is 11.2 Å². The van der Waals surface area contributed by atoms with Crippen LogP contribution in [0.15, 0.2) is 48.7 Å². The van der Waals surface area contributed by atoms with Crippen LogP contribution in [0.2, 0.25) is 0 Å². The normalized spacial score (nSPS) is 25.7. The molecule has 1 aliphatic rings. The lowest BCUT2D eigenvalue weighted by atomic mass is 10.0. The highest BCUT2D eigenvalue weighted by Crippen LogP contribution is 2.24. The van der Waals surface area contributed by atoms with E-state index >= 15 is 0 Å². The molecule has 1 aromatic carbocycles. The van der Waals surface area contributed by atoms with E-state index in [0.29, 0.717) is 12.6 Å². The van der Waals surface area contributed by atoms with Gasteiger partial charge in [0, 0.05) is 12.1 Å². The molecule has 3 unspecified atom stereocenters. The number of nitrogens with one attached hydrogen (secondary N) is 1. The van der Waals surface area contributed by atoms with Gasteiger partial charge in [-0.1, -0.05) is 30.3 Å². The lowest BCUT2D eigenvalue weighted by molar-refractivity contribution is -0.0267. The summed E-state index contributed by atoms with van der Waals surface area (Å²) in [5.74, 6) is -0.322. The van der Waals surface area contributed by atoms with E-state index in [4.69, 9.17) is 4.74 Å². The van der Waals surface area contributed by atoms with Crippen molar-refractivity contribution in [2.45, 2.75) is 31.5 Å². The monoisotopic (exact) mass is 286 g/mol. The highest BCUT2D eigenvalue weighted by Gasteiger charge is 2.29. The number of rotatable bonds is 3. The zero-order valence-corrected chi connectivity index (χ0v) is 12.0. The average Bonchev–Trinajstić information content (AvgIpc) is 2.50. The number of morpholine rings is 1. The highest BCUT2D eigenvalue weighted by atomic mass is 19.1. The Hall–Kier alpha value is -1.78. The molecule has 0 saturated carbocycles. The van der Waals surface area contributed by atoms with E-state index in [2.05, 4.69) is 29.4 Å². The van der Waals surface area contributed by atoms with Crippen LogP contribution in [0.25, 0.3) is 0 Å². The van der Waals surface area contributed by atoms with E-state index in [1.165, 1.54) is 17.8 Å². The number of aromatic nitrogens is 1. The molecule has 110 valence electrons. The number of halogens is 1. The molecule has 0 amide bonds. The molecule has 1 aliphatic heterocycles. The van der Waals surface area contributed by atoms with Gasteiger partial charge in [0.25, 0.3) is 0 Å². The molecule has 1 N–H and O–H groups in total. The molecule has 2 heterocycles.